The summed E-state index contributed by atoms with van der Waals surface area (Å²) in [5.74, 6) is 6.27. The van der Waals surface area contributed by atoms with Crippen molar-refractivity contribution in [2.24, 2.45) is 5.84 Å². The lowest BCUT2D eigenvalue weighted by Crippen LogP contribution is -2.36. The molecule has 1 fully saturated rings. The van der Waals surface area contributed by atoms with Crippen LogP contribution in [0.25, 0.3) is 11.5 Å². The molecule has 1 saturated heterocycles. The maximum absolute atomic E-state index is 12.3. The fraction of sp³-hybridized carbons (Fsp3) is 0.348. The Labute approximate surface area is 192 Å². The van der Waals surface area contributed by atoms with E-state index in [1.54, 1.807) is 36.4 Å². The molecule has 168 valence electrons. The smallest absolute Gasteiger partial charge is 0.333 e. The number of benzene rings is 2. The van der Waals surface area contributed by atoms with Crippen molar-refractivity contribution in [2.75, 3.05) is 36.5 Å². The number of anilines is 2. The molecule has 0 radical (unpaired) electrons. The van der Waals surface area contributed by atoms with Gasteiger partial charge in [0.05, 0.1) is 0 Å². The number of piperidine rings is 1. The van der Waals surface area contributed by atoms with Crippen molar-refractivity contribution < 1.29 is 9.21 Å². The molecule has 3 aromatic rings. The minimum Gasteiger partial charge on any atom is -0.402 e. The SMILES string of the molecule is NN(CCCN1CCCCC1)c1nnc(-c2ccc(NC(=O)c3ccc(Cl)cc3)cc2)o1. The first-order valence-electron chi connectivity index (χ1n) is 10.8. The van der Waals surface area contributed by atoms with Gasteiger partial charge >= 0.3 is 6.01 Å². The molecule has 2 aromatic carbocycles. The van der Waals surface area contributed by atoms with Crippen molar-refractivity contribution in [1.29, 1.82) is 0 Å². The van der Waals surface area contributed by atoms with Crippen LogP contribution in [0.15, 0.2) is 52.9 Å². The van der Waals surface area contributed by atoms with E-state index < -0.39 is 0 Å². The van der Waals surface area contributed by atoms with Crippen LogP contribution in [0.1, 0.15) is 36.0 Å². The molecule has 1 aliphatic heterocycles. The number of hydrazine groups is 1. The quantitative estimate of drug-likeness (QED) is 0.388. The second-order valence-electron chi connectivity index (χ2n) is 7.88. The average molecular weight is 455 g/mol. The molecule has 1 aromatic heterocycles. The van der Waals surface area contributed by atoms with Gasteiger partial charge in [-0.05, 0) is 87.4 Å². The average Bonchev–Trinajstić information content (AvgIpc) is 3.31. The number of nitrogens with one attached hydrogen (secondary N) is 1. The van der Waals surface area contributed by atoms with Crippen LogP contribution in [0.5, 0.6) is 0 Å². The molecule has 3 N–H and O–H groups in total. The van der Waals surface area contributed by atoms with Crippen molar-refractivity contribution in [1.82, 2.24) is 15.1 Å². The topological polar surface area (TPSA) is 101 Å². The summed E-state index contributed by atoms with van der Waals surface area (Å²) >= 11 is 5.87. The number of aromatic nitrogens is 2. The van der Waals surface area contributed by atoms with Gasteiger partial charge in [0.2, 0.25) is 5.89 Å². The van der Waals surface area contributed by atoms with E-state index in [-0.39, 0.29) is 5.91 Å². The number of carbonyl (C=O) groups is 1. The molecule has 32 heavy (non-hydrogen) atoms. The Morgan fingerprint density at radius 1 is 1.06 bits per heavy atom. The fourth-order valence-electron chi connectivity index (χ4n) is 3.69. The number of carbonyl (C=O) groups excluding carboxylic acids is 1. The Balaban J connectivity index is 1.30. The zero-order valence-electron chi connectivity index (χ0n) is 17.8. The lowest BCUT2D eigenvalue weighted by molar-refractivity contribution is 0.102. The molecule has 1 aliphatic rings. The maximum atomic E-state index is 12.3. The summed E-state index contributed by atoms with van der Waals surface area (Å²) in [7, 11) is 0. The van der Waals surface area contributed by atoms with Gasteiger partial charge < -0.3 is 14.6 Å². The zero-order valence-corrected chi connectivity index (χ0v) is 18.6. The lowest BCUT2D eigenvalue weighted by Gasteiger charge is -2.26. The highest BCUT2D eigenvalue weighted by molar-refractivity contribution is 6.30. The van der Waals surface area contributed by atoms with Crippen LogP contribution >= 0.6 is 11.6 Å². The largest absolute Gasteiger partial charge is 0.402 e. The maximum Gasteiger partial charge on any atom is 0.333 e. The van der Waals surface area contributed by atoms with E-state index in [9.17, 15) is 4.79 Å². The molecule has 4 rings (SSSR count). The Morgan fingerprint density at radius 3 is 2.50 bits per heavy atom. The molecule has 8 nitrogen and oxygen atoms in total. The molecule has 0 unspecified atom stereocenters. The third-order valence-corrected chi connectivity index (χ3v) is 5.73. The number of likely N-dealkylation sites (tertiary alicyclic amines) is 1. The van der Waals surface area contributed by atoms with Crippen LogP contribution in [-0.2, 0) is 0 Å². The van der Waals surface area contributed by atoms with Crippen molar-refractivity contribution >= 4 is 29.2 Å². The van der Waals surface area contributed by atoms with E-state index in [1.807, 2.05) is 12.1 Å². The Bertz CT molecular complexity index is 1020. The van der Waals surface area contributed by atoms with Gasteiger partial charge in [-0.2, -0.15) is 0 Å². The van der Waals surface area contributed by atoms with E-state index in [0.717, 1.165) is 18.5 Å². The number of nitrogens with two attached hydrogens (primary N) is 1. The second-order valence-corrected chi connectivity index (χ2v) is 8.31. The number of halogens is 1. The summed E-state index contributed by atoms with van der Waals surface area (Å²) in [6, 6.07) is 14.2. The van der Waals surface area contributed by atoms with Crippen LogP contribution in [0.4, 0.5) is 11.7 Å². The zero-order chi connectivity index (χ0) is 22.3. The minimum atomic E-state index is -0.210. The predicted octanol–water partition coefficient (Wildman–Crippen LogP) is 4.20. The minimum absolute atomic E-state index is 0.210. The van der Waals surface area contributed by atoms with Gasteiger partial charge in [0.15, 0.2) is 0 Å². The van der Waals surface area contributed by atoms with Gasteiger partial charge in [-0.1, -0.05) is 23.1 Å². The highest BCUT2D eigenvalue weighted by Crippen LogP contribution is 2.23. The van der Waals surface area contributed by atoms with E-state index in [4.69, 9.17) is 21.9 Å². The fourth-order valence-corrected chi connectivity index (χ4v) is 3.82. The van der Waals surface area contributed by atoms with Crippen molar-refractivity contribution in [3.8, 4) is 11.5 Å². The second kappa shape index (κ2) is 10.6. The molecular weight excluding hydrogens is 428 g/mol. The number of amides is 1. The van der Waals surface area contributed by atoms with Gasteiger partial charge in [0.1, 0.15) is 0 Å². The summed E-state index contributed by atoms with van der Waals surface area (Å²) in [6.45, 7) is 4.02. The summed E-state index contributed by atoms with van der Waals surface area (Å²) < 4.78 is 5.74. The number of nitrogens with zero attached hydrogens (tertiary/aromatic N) is 4. The van der Waals surface area contributed by atoms with Gasteiger partial charge in [0, 0.05) is 28.4 Å². The summed E-state index contributed by atoms with van der Waals surface area (Å²) in [5, 5.41) is 13.1. The van der Waals surface area contributed by atoms with Crippen molar-refractivity contribution in [2.45, 2.75) is 25.7 Å². The first-order chi connectivity index (χ1) is 15.6. The van der Waals surface area contributed by atoms with E-state index in [1.165, 1.54) is 37.4 Å². The van der Waals surface area contributed by atoms with Crippen LogP contribution < -0.4 is 16.2 Å². The highest BCUT2D eigenvalue weighted by Gasteiger charge is 2.15. The Kier molecular flexibility index (Phi) is 7.36. The third-order valence-electron chi connectivity index (χ3n) is 5.48. The summed E-state index contributed by atoms with van der Waals surface area (Å²) in [5.41, 5.74) is 1.94. The molecule has 0 saturated carbocycles. The number of rotatable bonds is 8. The van der Waals surface area contributed by atoms with Gasteiger partial charge in [-0.3, -0.25) is 9.80 Å². The van der Waals surface area contributed by atoms with Gasteiger partial charge in [0.25, 0.3) is 5.91 Å². The monoisotopic (exact) mass is 454 g/mol. The van der Waals surface area contributed by atoms with Gasteiger partial charge in [-0.15, -0.1) is 5.10 Å². The molecule has 0 bridgehead atoms. The van der Waals surface area contributed by atoms with E-state index >= 15 is 0 Å². The molecule has 0 spiro atoms. The predicted molar refractivity (Wildman–Crippen MR) is 126 cm³/mol. The Morgan fingerprint density at radius 2 is 1.78 bits per heavy atom. The van der Waals surface area contributed by atoms with E-state index in [0.29, 0.717) is 34.7 Å². The Hall–Kier alpha value is -2.94. The summed E-state index contributed by atoms with van der Waals surface area (Å²) in [4.78, 5) is 14.8. The van der Waals surface area contributed by atoms with Crippen LogP contribution in [-0.4, -0.2) is 47.2 Å². The molecule has 9 heteroatoms. The van der Waals surface area contributed by atoms with Crippen LogP contribution in [0.3, 0.4) is 0 Å². The summed E-state index contributed by atoms with van der Waals surface area (Å²) in [6.07, 6.45) is 4.84. The van der Waals surface area contributed by atoms with Crippen LogP contribution in [0, 0.1) is 0 Å². The highest BCUT2D eigenvalue weighted by atomic mass is 35.5. The van der Waals surface area contributed by atoms with Crippen molar-refractivity contribution in [3.05, 3.63) is 59.1 Å². The van der Waals surface area contributed by atoms with Crippen molar-refractivity contribution in [3.63, 3.8) is 0 Å². The molecule has 0 atom stereocenters. The standard InChI is InChI=1S/C23H27ClN6O2/c24-19-9-5-17(6-10-19)21(31)26-20-11-7-18(8-12-20)22-27-28-23(32-22)30(25)16-4-15-29-13-2-1-3-14-29/h5-12H,1-4,13-16,25H2,(H,26,31). The lowest BCUT2D eigenvalue weighted by atomic mass is 10.1. The first-order valence-corrected chi connectivity index (χ1v) is 11.2. The normalized spacial score (nSPS) is 14.3. The molecular formula is C23H27ClN6O2. The third kappa shape index (κ3) is 5.85. The van der Waals surface area contributed by atoms with Gasteiger partial charge in [-0.25, -0.2) is 5.84 Å². The molecule has 2 heterocycles. The molecule has 1 amide bonds. The van der Waals surface area contributed by atoms with E-state index in [2.05, 4.69) is 20.4 Å². The first kappa shape index (κ1) is 22.3. The number of hydrogen-bond acceptors (Lipinski definition) is 7. The van der Waals surface area contributed by atoms with Crippen LogP contribution in [0.2, 0.25) is 5.02 Å². The number of hydrogen-bond donors (Lipinski definition) is 2. The molecule has 0 aliphatic carbocycles.